The highest BCUT2D eigenvalue weighted by Gasteiger charge is 2.63. The molecular weight excluding hydrogens is 495 g/mol. The molecule has 1 heterocycles. The minimum Gasteiger partial charge on any atom is -1.00 e. The van der Waals surface area contributed by atoms with Gasteiger partial charge in [-0.1, -0.05) is 72.3 Å². The molecule has 1 aliphatic carbocycles. The van der Waals surface area contributed by atoms with Gasteiger partial charge in [0.15, 0.2) is 0 Å². The quantitative estimate of drug-likeness (QED) is 0.314. The maximum absolute atomic E-state index is 13.0. The van der Waals surface area contributed by atoms with Crippen molar-refractivity contribution in [3.05, 3.63) is 83.4 Å². The highest BCUT2D eigenvalue weighted by Crippen LogP contribution is 2.59. The van der Waals surface area contributed by atoms with E-state index in [1.807, 2.05) is 36.4 Å². The van der Waals surface area contributed by atoms with Crippen molar-refractivity contribution in [3.8, 4) is 0 Å². The summed E-state index contributed by atoms with van der Waals surface area (Å²) < 4.78 is 1.16. The maximum Gasteiger partial charge on any atom is 0.232 e. The summed E-state index contributed by atoms with van der Waals surface area (Å²) in [6.07, 6.45) is 4.33. The van der Waals surface area contributed by atoms with E-state index in [0.29, 0.717) is 17.8 Å². The molecule has 1 saturated carbocycles. The minimum atomic E-state index is -0.747. The Morgan fingerprint density at radius 1 is 1.00 bits per heavy atom. The molecule has 0 radical (unpaired) electrons. The van der Waals surface area contributed by atoms with Gasteiger partial charge in [-0.25, -0.2) is 0 Å². The van der Waals surface area contributed by atoms with E-state index in [-0.39, 0.29) is 29.9 Å². The van der Waals surface area contributed by atoms with Crippen LogP contribution in [0.1, 0.15) is 37.8 Å². The third-order valence-electron chi connectivity index (χ3n) is 7.53. The number of likely N-dealkylation sites (tertiary alicyclic amines) is 1. The van der Waals surface area contributed by atoms with Crippen molar-refractivity contribution in [1.82, 2.24) is 0 Å². The lowest BCUT2D eigenvalue weighted by Crippen LogP contribution is -3.00. The number of hydrogen-bond acceptors (Lipinski definition) is 1. The van der Waals surface area contributed by atoms with E-state index in [4.69, 9.17) is 5.73 Å². The summed E-state index contributed by atoms with van der Waals surface area (Å²) in [4.78, 5) is 13.0. The van der Waals surface area contributed by atoms with Crippen LogP contribution in [-0.2, 0) is 10.2 Å². The molecule has 31 heavy (non-hydrogen) atoms. The fraction of sp³-hybridized carbons (Fsp3) is 0.444. The highest BCUT2D eigenvalue weighted by molar-refractivity contribution is 5.91. The van der Waals surface area contributed by atoms with Crippen molar-refractivity contribution in [2.75, 3.05) is 26.7 Å². The number of halogens is 1. The van der Waals surface area contributed by atoms with Crippen LogP contribution in [0.3, 0.4) is 0 Å². The topological polar surface area (TPSA) is 43.1 Å². The molecule has 2 unspecified atom stereocenters. The number of primary amides is 1. The van der Waals surface area contributed by atoms with Crippen LogP contribution in [0.4, 0.5) is 0 Å². The summed E-state index contributed by atoms with van der Waals surface area (Å²) in [5.41, 5.74) is 8.86. The Balaban J connectivity index is 0.00000272. The first-order valence-electron chi connectivity index (χ1n) is 11.2. The molecule has 166 valence electrons. The predicted molar refractivity (Wildman–Crippen MR) is 123 cm³/mol. The molecule has 1 saturated heterocycles. The second kappa shape index (κ2) is 9.45. The van der Waals surface area contributed by atoms with Crippen molar-refractivity contribution in [1.29, 1.82) is 0 Å². The van der Waals surface area contributed by atoms with Crippen LogP contribution in [-0.4, -0.2) is 37.1 Å². The Bertz CT molecular complexity index is 869. The number of carbonyl (C=O) groups is 1. The number of rotatable bonds is 8. The van der Waals surface area contributed by atoms with E-state index in [1.165, 1.54) is 25.2 Å². The van der Waals surface area contributed by atoms with Crippen molar-refractivity contribution < 1.29 is 33.3 Å². The minimum absolute atomic E-state index is 0. The molecule has 0 spiro atoms. The maximum atomic E-state index is 13.0. The Morgan fingerprint density at radius 2 is 1.48 bits per heavy atom. The second-order valence-electron chi connectivity index (χ2n) is 9.98. The first-order valence-corrected chi connectivity index (χ1v) is 11.2. The SMILES string of the molecule is CC(C)=CCC[N+]1(C)CC2C(CC(C(N)=O)(c3ccccc3)c3ccccc3)C2C1.[I-]. The first-order chi connectivity index (χ1) is 14.4. The molecule has 2 aromatic rings. The molecule has 3 nitrogen and oxygen atoms in total. The predicted octanol–water partition coefficient (Wildman–Crippen LogP) is 1.53. The van der Waals surface area contributed by atoms with Crippen LogP contribution in [0.15, 0.2) is 72.3 Å². The molecule has 2 atom stereocenters. The molecule has 4 rings (SSSR count). The van der Waals surface area contributed by atoms with E-state index >= 15 is 0 Å². The van der Waals surface area contributed by atoms with Crippen LogP contribution in [0.5, 0.6) is 0 Å². The van der Waals surface area contributed by atoms with Crippen LogP contribution >= 0.6 is 0 Å². The van der Waals surface area contributed by atoms with Gasteiger partial charge in [0, 0.05) is 18.3 Å². The van der Waals surface area contributed by atoms with Crippen LogP contribution in [0.25, 0.3) is 0 Å². The number of fused-ring (bicyclic) bond motifs is 1. The smallest absolute Gasteiger partial charge is 0.232 e. The van der Waals surface area contributed by atoms with E-state index in [1.54, 1.807) is 0 Å². The zero-order valence-electron chi connectivity index (χ0n) is 18.9. The number of hydrogen-bond donors (Lipinski definition) is 1. The third kappa shape index (κ3) is 4.75. The Hall–Kier alpha value is -1.66. The molecule has 2 aromatic carbocycles. The number of allylic oxidation sites excluding steroid dienone is 1. The van der Waals surface area contributed by atoms with Gasteiger partial charge >= 0.3 is 0 Å². The van der Waals surface area contributed by atoms with E-state index in [0.717, 1.165) is 28.5 Å². The molecule has 2 fully saturated rings. The largest absolute Gasteiger partial charge is 1.00 e. The number of amides is 1. The zero-order valence-corrected chi connectivity index (χ0v) is 21.1. The number of piperidine rings is 1. The summed E-state index contributed by atoms with van der Waals surface area (Å²) in [6.45, 7) is 8.01. The lowest BCUT2D eigenvalue weighted by Gasteiger charge is -2.35. The highest BCUT2D eigenvalue weighted by atomic mass is 127. The Labute approximate surface area is 204 Å². The molecule has 1 aliphatic heterocycles. The molecule has 4 heteroatoms. The number of benzene rings is 2. The van der Waals surface area contributed by atoms with Crippen molar-refractivity contribution >= 4 is 5.91 Å². The number of nitrogens with two attached hydrogens (primary N) is 1. The summed E-state index contributed by atoms with van der Waals surface area (Å²) in [5.74, 6) is 1.78. The molecule has 0 aromatic heterocycles. The molecule has 0 bridgehead atoms. The molecule has 2 N–H and O–H groups in total. The number of carbonyl (C=O) groups excluding carboxylic acids is 1. The normalized spacial score (nSPS) is 26.5. The Morgan fingerprint density at radius 3 is 1.90 bits per heavy atom. The van der Waals surface area contributed by atoms with Gasteiger partial charge in [-0.05, 0) is 37.3 Å². The first kappa shape index (κ1) is 24.0. The lowest BCUT2D eigenvalue weighted by atomic mass is 9.69. The van der Waals surface area contributed by atoms with E-state index < -0.39 is 5.41 Å². The molecular formula is C27H35IN2O. The van der Waals surface area contributed by atoms with Gasteiger partial charge < -0.3 is 34.2 Å². The van der Waals surface area contributed by atoms with Gasteiger partial charge in [-0.2, -0.15) is 0 Å². The third-order valence-corrected chi connectivity index (χ3v) is 7.53. The van der Waals surface area contributed by atoms with Gasteiger partial charge in [-0.3, -0.25) is 4.79 Å². The number of nitrogens with zero attached hydrogens (tertiary/aromatic N) is 1. The summed E-state index contributed by atoms with van der Waals surface area (Å²) >= 11 is 0. The Kier molecular flexibility index (Phi) is 7.32. The monoisotopic (exact) mass is 530 g/mol. The van der Waals surface area contributed by atoms with Crippen molar-refractivity contribution in [2.45, 2.75) is 32.1 Å². The standard InChI is InChI=1S/C27H34N2O.HI/c1-20(2)11-10-16-29(3)18-24-23(25(24)19-29)17-27(26(28)30,21-12-6-4-7-13-21)22-14-8-5-9-15-22;/h4-9,11-15,23-25H,10,16-19H2,1-3H3,(H-,28,30);1H. The lowest BCUT2D eigenvalue weighted by molar-refractivity contribution is -0.903. The van der Waals surface area contributed by atoms with Gasteiger partial charge in [0.2, 0.25) is 5.91 Å². The van der Waals surface area contributed by atoms with Crippen LogP contribution < -0.4 is 29.7 Å². The van der Waals surface area contributed by atoms with Crippen LogP contribution in [0.2, 0.25) is 0 Å². The van der Waals surface area contributed by atoms with Gasteiger partial charge in [-0.15, -0.1) is 0 Å². The fourth-order valence-corrected chi connectivity index (χ4v) is 5.90. The summed E-state index contributed by atoms with van der Waals surface area (Å²) in [7, 11) is 2.40. The summed E-state index contributed by atoms with van der Waals surface area (Å²) in [5, 5.41) is 0. The fourth-order valence-electron chi connectivity index (χ4n) is 5.90. The van der Waals surface area contributed by atoms with Crippen molar-refractivity contribution in [2.24, 2.45) is 23.5 Å². The average molecular weight is 530 g/mol. The number of quaternary nitrogens is 1. The van der Waals surface area contributed by atoms with Crippen molar-refractivity contribution in [3.63, 3.8) is 0 Å². The molecule has 2 aliphatic rings. The van der Waals surface area contributed by atoms with E-state index in [9.17, 15) is 4.79 Å². The average Bonchev–Trinajstić information content (AvgIpc) is 3.19. The van der Waals surface area contributed by atoms with Gasteiger partial charge in [0.25, 0.3) is 0 Å². The van der Waals surface area contributed by atoms with Crippen LogP contribution in [0, 0.1) is 17.8 Å². The van der Waals surface area contributed by atoms with E-state index in [2.05, 4.69) is 51.2 Å². The second-order valence-corrected chi connectivity index (χ2v) is 9.98. The molecule has 1 amide bonds. The van der Waals surface area contributed by atoms with Gasteiger partial charge in [0.05, 0.1) is 32.1 Å². The van der Waals surface area contributed by atoms with Gasteiger partial charge in [0.1, 0.15) is 0 Å². The summed E-state index contributed by atoms with van der Waals surface area (Å²) in [6, 6.07) is 20.3. The zero-order chi connectivity index (χ0) is 21.4.